The number of aryl methyl sites for hydroxylation is 1. The molecule has 1 aromatic heterocycles. The van der Waals surface area contributed by atoms with Crippen molar-refractivity contribution in [3.8, 4) is 0 Å². The van der Waals surface area contributed by atoms with Crippen molar-refractivity contribution in [2.75, 3.05) is 5.73 Å². The Balaban J connectivity index is 2.18. The molecule has 0 aliphatic heterocycles. The van der Waals surface area contributed by atoms with E-state index in [1.54, 1.807) is 18.1 Å². The van der Waals surface area contributed by atoms with Crippen molar-refractivity contribution in [1.82, 2.24) is 9.97 Å². The van der Waals surface area contributed by atoms with Crippen molar-refractivity contribution in [2.45, 2.75) is 29.7 Å². The van der Waals surface area contributed by atoms with Crippen LogP contribution >= 0.6 is 11.8 Å². The van der Waals surface area contributed by atoms with Gasteiger partial charge in [-0.25, -0.2) is 9.97 Å². The van der Waals surface area contributed by atoms with Crippen molar-refractivity contribution in [1.29, 1.82) is 0 Å². The smallest absolute Gasteiger partial charge is 0.116 e. The lowest BCUT2D eigenvalue weighted by atomic mass is 10.2. The highest BCUT2D eigenvalue weighted by molar-refractivity contribution is 7.99. The molecule has 0 unspecified atom stereocenters. The van der Waals surface area contributed by atoms with Crippen LogP contribution in [0.5, 0.6) is 0 Å². The maximum Gasteiger partial charge on any atom is 0.116 e. The van der Waals surface area contributed by atoms with Gasteiger partial charge in [0.2, 0.25) is 0 Å². The summed E-state index contributed by atoms with van der Waals surface area (Å²) in [4.78, 5) is 9.53. The number of nitrogen functional groups attached to an aromatic ring is 1. The number of anilines is 1. The van der Waals surface area contributed by atoms with Crippen LogP contribution in [-0.4, -0.2) is 9.97 Å². The normalized spacial score (nSPS) is 10.4. The highest BCUT2D eigenvalue weighted by Crippen LogP contribution is 2.30. The van der Waals surface area contributed by atoms with Gasteiger partial charge in [-0.1, -0.05) is 37.2 Å². The van der Waals surface area contributed by atoms with Crippen LogP contribution in [0.15, 0.2) is 46.6 Å². The third-order valence-electron chi connectivity index (χ3n) is 2.34. The molecule has 2 aromatic rings. The van der Waals surface area contributed by atoms with E-state index in [1.807, 2.05) is 30.3 Å². The molecule has 4 heteroatoms. The van der Waals surface area contributed by atoms with Gasteiger partial charge in [-0.2, -0.15) is 0 Å². The molecular formula is C13H15N3S. The maximum absolute atomic E-state index is 5.90. The Morgan fingerprint density at radius 2 is 2.06 bits per heavy atom. The van der Waals surface area contributed by atoms with E-state index in [0.29, 0.717) is 0 Å². The first kappa shape index (κ1) is 11.9. The summed E-state index contributed by atoms with van der Waals surface area (Å²) in [5.74, 6) is 0. The number of benzene rings is 1. The summed E-state index contributed by atoms with van der Waals surface area (Å²) < 4.78 is 0. The Morgan fingerprint density at radius 1 is 1.24 bits per heavy atom. The second-order valence-electron chi connectivity index (χ2n) is 3.74. The number of para-hydroxylation sites is 1. The van der Waals surface area contributed by atoms with E-state index in [9.17, 15) is 0 Å². The number of rotatable bonds is 4. The van der Waals surface area contributed by atoms with Gasteiger partial charge >= 0.3 is 0 Å². The summed E-state index contributed by atoms with van der Waals surface area (Å²) in [7, 11) is 0. The minimum absolute atomic E-state index is 0.785. The van der Waals surface area contributed by atoms with Gasteiger partial charge in [-0.3, -0.25) is 0 Å². The third-order valence-corrected chi connectivity index (χ3v) is 3.36. The monoisotopic (exact) mass is 245 g/mol. The summed E-state index contributed by atoms with van der Waals surface area (Å²) in [5.41, 5.74) is 7.77. The van der Waals surface area contributed by atoms with E-state index < -0.39 is 0 Å². The summed E-state index contributed by atoms with van der Waals surface area (Å²) in [6, 6.07) is 9.84. The van der Waals surface area contributed by atoms with E-state index in [-0.39, 0.29) is 0 Å². The first-order chi connectivity index (χ1) is 8.29. The van der Waals surface area contributed by atoms with Crippen LogP contribution in [0, 0.1) is 0 Å². The number of hydrogen-bond donors (Lipinski definition) is 1. The fraction of sp³-hybridized carbons (Fsp3) is 0.231. The summed E-state index contributed by atoms with van der Waals surface area (Å²) in [5, 5.41) is 0.946. The van der Waals surface area contributed by atoms with E-state index in [1.165, 1.54) is 0 Å². The molecule has 0 saturated carbocycles. The maximum atomic E-state index is 5.90. The van der Waals surface area contributed by atoms with Crippen molar-refractivity contribution in [2.24, 2.45) is 0 Å². The molecule has 17 heavy (non-hydrogen) atoms. The molecule has 0 bridgehead atoms. The molecule has 88 valence electrons. The minimum Gasteiger partial charge on any atom is -0.398 e. The largest absolute Gasteiger partial charge is 0.398 e. The lowest BCUT2D eigenvalue weighted by molar-refractivity contribution is 0.854. The summed E-state index contributed by atoms with van der Waals surface area (Å²) >= 11 is 1.58. The Kier molecular flexibility index (Phi) is 3.98. The van der Waals surface area contributed by atoms with Gasteiger partial charge in [-0.05, 0) is 24.6 Å². The second-order valence-corrected chi connectivity index (χ2v) is 4.80. The Hall–Kier alpha value is -1.55. The average Bonchev–Trinajstić information content (AvgIpc) is 2.33. The van der Waals surface area contributed by atoms with Gasteiger partial charge in [0.05, 0.1) is 0 Å². The Labute approximate surface area is 105 Å². The minimum atomic E-state index is 0.785. The second kappa shape index (κ2) is 5.68. The molecule has 2 rings (SSSR count). The molecule has 1 heterocycles. The van der Waals surface area contributed by atoms with Crippen LogP contribution in [0.2, 0.25) is 0 Å². The standard InChI is InChI=1S/C13H15N3S/c1-2-5-10-8-13(16-9-15-10)17-12-7-4-3-6-11(12)14/h3-4,6-9H,2,5,14H2,1H3. The van der Waals surface area contributed by atoms with E-state index in [2.05, 4.69) is 16.9 Å². The van der Waals surface area contributed by atoms with Gasteiger partial charge < -0.3 is 5.73 Å². The first-order valence-corrected chi connectivity index (χ1v) is 6.44. The number of aromatic nitrogens is 2. The molecule has 2 N–H and O–H groups in total. The highest BCUT2D eigenvalue weighted by atomic mass is 32.2. The van der Waals surface area contributed by atoms with E-state index >= 15 is 0 Å². The van der Waals surface area contributed by atoms with Gasteiger partial charge in [0.25, 0.3) is 0 Å². The van der Waals surface area contributed by atoms with Gasteiger partial charge in [0, 0.05) is 16.3 Å². The molecule has 0 aliphatic rings. The molecular weight excluding hydrogens is 230 g/mol. The lowest BCUT2D eigenvalue weighted by Gasteiger charge is -2.05. The van der Waals surface area contributed by atoms with Crippen molar-refractivity contribution >= 4 is 17.4 Å². The molecule has 1 aromatic carbocycles. The summed E-state index contributed by atoms with van der Waals surface area (Å²) in [6.45, 7) is 2.14. The predicted octanol–water partition coefficient (Wildman–Crippen LogP) is 3.16. The van der Waals surface area contributed by atoms with Crippen molar-refractivity contribution < 1.29 is 0 Å². The number of nitrogens with zero attached hydrogens (tertiary/aromatic N) is 2. The van der Waals surface area contributed by atoms with Crippen molar-refractivity contribution in [3.63, 3.8) is 0 Å². The summed E-state index contributed by atoms with van der Waals surface area (Å²) in [6.07, 6.45) is 3.70. The molecule has 0 aliphatic carbocycles. The van der Waals surface area contributed by atoms with Gasteiger partial charge in [-0.15, -0.1) is 0 Å². The van der Waals surface area contributed by atoms with Crippen LogP contribution in [0.3, 0.4) is 0 Å². The van der Waals surface area contributed by atoms with Crippen molar-refractivity contribution in [3.05, 3.63) is 42.4 Å². The molecule has 3 nitrogen and oxygen atoms in total. The Bertz CT molecular complexity index is 500. The zero-order valence-electron chi connectivity index (χ0n) is 9.76. The molecule has 0 spiro atoms. The van der Waals surface area contributed by atoms with Crippen LogP contribution in [0.1, 0.15) is 19.0 Å². The highest BCUT2D eigenvalue weighted by Gasteiger charge is 2.03. The third kappa shape index (κ3) is 3.20. The quantitative estimate of drug-likeness (QED) is 0.664. The molecule has 0 amide bonds. The van der Waals surface area contributed by atoms with Crippen LogP contribution in [0.25, 0.3) is 0 Å². The molecule has 0 radical (unpaired) electrons. The molecule has 0 saturated heterocycles. The van der Waals surface area contributed by atoms with Crippen LogP contribution < -0.4 is 5.73 Å². The number of hydrogen-bond acceptors (Lipinski definition) is 4. The lowest BCUT2D eigenvalue weighted by Crippen LogP contribution is -1.92. The van der Waals surface area contributed by atoms with Crippen LogP contribution in [0.4, 0.5) is 5.69 Å². The topological polar surface area (TPSA) is 51.8 Å². The average molecular weight is 245 g/mol. The number of nitrogens with two attached hydrogens (primary N) is 1. The molecule has 0 atom stereocenters. The van der Waals surface area contributed by atoms with Gasteiger partial charge in [0.1, 0.15) is 11.4 Å². The van der Waals surface area contributed by atoms with Crippen LogP contribution in [-0.2, 0) is 6.42 Å². The van der Waals surface area contributed by atoms with Gasteiger partial charge in [0.15, 0.2) is 0 Å². The zero-order valence-corrected chi connectivity index (χ0v) is 10.6. The first-order valence-electron chi connectivity index (χ1n) is 5.63. The SMILES string of the molecule is CCCc1cc(Sc2ccccc2N)ncn1. The Morgan fingerprint density at radius 3 is 2.82 bits per heavy atom. The molecule has 0 fully saturated rings. The van der Waals surface area contributed by atoms with E-state index in [0.717, 1.165) is 34.1 Å². The zero-order chi connectivity index (χ0) is 12.1. The fourth-order valence-corrected chi connectivity index (χ4v) is 2.36. The predicted molar refractivity (Wildman–Crippen MR) is 71.0 cm³/mol. The van der Waals surface area contributed by atoms with E-state index in [4.69, 9.17) is 5.73 Å². The fourth-order valence-electron chi connectivity index (χ4n) is 1.51.